The van der Waals surface area contributed by atoms with E-state index in [1.54, 1.807) is 7.05 Å². The second kappa shape index (κ2) is 16.8. The zero-order valence-corrected chi connectivity index (χ0v) is 22.4. The standard InChI is InChI=1S/C20H29N3O5.Rb/c1-15(24)4-3-11-28-14-20(27)23-13-17-7-5-16(6-8-17)12-19(26)22-10-9-18(25)21-2;/h5-8H,3-4,9-14H2,1-2H3,(H3,21,22,23,25,26,27);/q;+1/p-1. The molecule has 0 unspecified atom stereocenters. The minimum Gasteiger partial charge on any atom is -0.648 e. The quantitative estimate of drug-likeness (QED) is 0.329. The van der Waals surface area contributed by atoms with Crippen LogP contribution in [0.2, 0.25) is 0 Å². The molecule has 0 fully saturated rings. The number of carbonyl (C=O) groups excluding carboxylic acids is 4. The molecule has 0 atom stereocenters. The molecule has 9 heteroatoms. The van der Waals surface area contributed by atoms with Gasteiger partial charge in [-0.3, -0.25) is 9.59 Å². The molecule has 154 valence electrons. The largest absolute Gasteiger partial charge is 1.00 e. The van der Waals surface area contributed by atoms with E-state index >= 15 is 0 Å². The second-order valence-electron chi connectivity index (χ2n) is 6.33. The normalized spacial score (nSPS) is 9.86. The molecule has 1 aromatic carbocycles. The molecule has 2 N–H and O–H groups in total. The Morgan fingerprint density at radius 3 is 2.28 bits per heavy atom. The first-order valence-electron chi connectivity index (χ1n) is 9.23. The predicted octanol–water partition coefficient (Wildman–Crippen LogP) is -1.73. The molecule has 0 aliphatic carbocycles. The van der Waals surface area contributed by atoms with Crippen molar-refractivity contribution in [1.82, 2.24) is 10.6 Å². The molecule has 0 aliphatic rings. The molecule has 29 heavy (non-hydrogen) atoms. The van der Waals surface area contributed by atoms with Crippen LogP contribution in [0.1, 0.15) is 37.3 Å². The van der Waals surface area contributed by atoms with Gasteiger partial charge in [-0.2, -0.15) is 0 Å². The molecule has 0 heterocycles. The molecule has 8 nitrogen and oxygen atoms in total. The van der Waals surface area contributed by atoms with E-state index < -0.39 is 0 Å². The molecular weight excluding hydrogens is 448 g/mol. The van der Waals surface area contributed by atoms with Crippen molar-refractivity contribution in [2.75, 3.05) is 26.8 Å². The predicted molar refractivity (Wildman–Crippen MR) is 105 cm³/mol. The van der Waals surface area contributed by atoms with Crippen molar-refractivity contribution >= 4 is 23.5 Å². The van der Waals surface area contributed by atoms with Gasteiger partial charge in [0.05, 0.1) is 18.9 Å². The summed E-state index contributed by atoms with van der Waals surface area (Å²) in [5.41, 5.74) is 1.69. The van der Waals surface area contributed by atoms with Gasteiger partial charge in [0, 0.05) is 33.0 Å². The molecule has 0 bridgehead atoms. The minimum absolute atomic E-state index is 0. The monoisotopic (exact) mass is 475 g/mol. The van der Waals surface area contributed by atoms with Crippen LogP contribution in [-0.2, 0) is 36.9 Å². The molecule has 1 aromatic rings. The second-order valence-corrected chi connectivity index (χ2v) is 6.33. The topological polar surface area (TPSA) is 116 Å². The molecule has 0 saturated heterocycles. The summed E-state index contributed by atoms with van der Waals surface area (Å²) in [6.45, 7) is 2.33. The van der Waals surface area contributed by atoms with E-state index in [1.807, 2.05) is 24.3 Å². The number of nitrogens with zero attached hydrogens (tertiary/aromatic N) is 1. The van der Waals surface area contributed by atoms with Crippen LogP contribution in [0, 0.1) is 0 Å². The van der Waals surface area contributed by atoms with Crippen LogP contribution in [0.3, 0.4) is 0 Å². The summed E-state index contributed by atoms with van der Waals surface area (Å²) in [5, 5.41) is 9.12. The van der Waals surface area contributed by atoms with Crippen molar-refractivity contribution in [2.24, 2.45) is 0 Å². The van der Waals surface area contributed by atoms with E-state index in [4.69, 9.17) is 4.74 Å². The number of carbonyl (C=O) groups is 4. The van der Waals surface area contributed by atoms with Crippen LogP contribution in [0.4, 0.5) is 0 Å². The van der Waals surface area contributed by atoms with Crippen LogP contribution in [0.25, 0.3) is 5.32 Å². The van der Waals surface area contributed by atoms with E-state index in [-0.39, 0.29) is 108 Å². The Hall–Kier alpha value is -0.935. The summed E-state index contributed by atoms with van der Waals surface area (Å²) in [4.78, 5) is 45.4. The number of amides is 3. The summed E-state index contributed by atoms with van der Waals surface area (Å²) in [6, 6.07) is 7.26. The summed E-state index contributed by atoms with van der Waals surface area (Å²) >= 11 is 0. The van der Waals surface area contributed by atoms with Crippen molar-refractivity contribution in [1.29, 1.82) is 0 Å². The number of Topliss-reactive ketones (excluding diaryl/α,β-unsaturated/α-hetero) is 1. The number of benzene rings is 1. The van der Waals surface area contributed by atoms with Gasteiger partial charge in [-0.05, 0) is 18.9 Å². The van der Waals surface area contributed by atoms with Crippen LogP contribution >= 0.6 is 0 Å². The van der Waals surface area contributed by atoms with Crippen molar-refractivity contribution in [2.45, 2.75) is 39.2 Å². The molecule has 0 aromatic heterocycles. The smallest absolute Gasteiger partial charge is 0.648 e. The number of ketones is 1. The van der Waals surface area contributed by atoms with Crippen molar-refractivity contribution in [3.63, 3.8) is 0 Å². The van der Waals surface area contributed by atoms with Gasteiger partial charge in [0.1, 0.15) is 5.78 Å². The van der Waals surface area contributed by atoms with Crippen molar-refractivity contribution in [3.05, 3.63) is 40.7 Å². The van der Waals surface area contributed by atoms with Gasteiger partial charge < -0.3 is 30.3 Å². The van der Waals surface area contributed by atoms with E-state index in [1.165, 1.54) is 6.92 Å². The van der Waals surface area contributed by atoms with Gasteiger partial charge in [-0.1, -0.05) is 29.8 Å². The Balaban J connectivity index is 0.00000784. The third-order valence-electron chi connectivity index (χ3n) is 3.82. The molecule has 0 radical (unpaired) electrons. The Labute approximate surface area is 220 Å². The number of hydrogen-bond donors (Lipinski definition) is 2. The fourth-order valence-electron chi connectivity index (χ4n) is 2.26. The Bertz CT molecular complexity index is 665. The van der Waals surface area contributed by atoms with E-state index in [9.17, 15) is 19.2 Å². The molecule has 0 aliphatic heterocycles. The SMILES string of the molecule is CNC(=O)CCNC(=O)Cc1ccc(C[N-]C(=O)COCCCC(C)=O)cc1.[Rb+]. The van der Waals surface area contributed by atoms with Gasteiger partial charge in [0.25, 0.3) is 0 Å². The van der Waals surface area contributed by atoms with Crippen LogP contribution in [0.15, 0.2) is 24.3 Å². The summed E-state index contributed by atoms with van der Waals surface area (Å²) in [6.07, 6.45) is 1.52. The third-order valence-corrected chi connectivity index (χ3v) is 3.82. The number of rotatable bonds is 13. The fraction of sp³-hybridized carbons (Fsp3) is 0.500. The van der Waals surface area contributed by atoms with E-state index in [2.05, 4.69) is 16.0 Å². The van der Waals surface area contributed by atoms with Crippen molar-refractivity contribution < 1.29 is 82.1 Å². The minimum atomic E-state index is -0.345. The zero-order chi connectivity index (χ0) is 20.8. The first-order valence-corrected chi connectivity index (χ1v) is 9.23. The Morgan fingerprint density at radius 1 is 1.00 bits per heavy atom. The van der Waals surface area contributed by atoms with Gasteiger partial charge in [0.2, 0.25) is 11.8 Å². The Kier molecular flexibility index (Phi) is 16.3. The van der Waals surface area contributed by atoms with Crippen LogP contribution in [-0.4, -0.2) is 50.3 Å². The van der Waals surface area contributed by atoms with Gasteiger partial charge in [0.15, 0.2) is 0 Å². The molecule has 3 amide bonds. The average molecular weight is 476 g/mol. The maximum Gasteiger partial charge on any atom is 1.00 e. The van der Waals surface area contributed by atoms with Crippen molar-refractivity contribution in [3.8, 4) is 0 Å². The first-order chi connectivity index (χ1) is 13.4. The van der Waals surface area contributed by atoms with Gasteiger partial charge in [-0.15, -0.1) is 6.54 Å². The maximum atomic E-state index is 11.8. The number of hydrogen-bond acceptors (Lipinski definition) is 5. The van der Waals surface area contributed by atoms with Crippen LogP contribution < -0.4 is 68.8 Å². The Morgan fingerprint density at radius 2 is 1.66 bits per heavy atom. The fourth-order valence-corrected chi connectivity index (χ4v) is 2.26. The molecule has 1 rings (SSSR count). The van der Waals surface area contributed by atoms with Gasteiger partial charge in [-0.25, -0.2) is 0 Å². The molecule has 0 saturated carbocycles. The van der Waals surface area contributed by atoms with Gasteiger partial charge >= 0.3 is 58.2 Å². The first kappa shape index (κ1) is 28.1. The van der Waals surface area contributed by atoms with Crippen LogP contribution in [0.5, 0.6) is 0 Å². The summed E-state index contributed by atoms with van der Waals surface area (Å²) in [7, 11) is 1.55. The number of nitrogens with one attached hydrogen (secondary N) is 2. The average Bonchev–Trinajstić information content (AvgIpc) is 2.66. The third kappa shape index (κ3) is 14.7. The summed E-state index contributed by atoms with van der Waals surface area (Å²) in [5.74, 6) is -0.519. The number of ether oxygens (including phenoxy) is 1. The molecular formula is C20H28N3O5Rb. The zero-order valence-electron chi connectivity index (χ0n) is 17.5. The molecule has 0 spiro atoms. The van der Waals surface area contributed by atoms with E-state index in [0.29, 0.717) is 26.0 Å². The maximum absolute atomic E-state index is 11.8. The summed E-state index contributed by atoms with van der Waals surface area (Å²) < 4.78 is 5.19. The van der Waals surface area contributed by atoms with E-state index in [0.717, 1.165) is 11.1 Å².